The highest BCUT2D eigenvalue weighted by molar-refractivity contribution is 5.93. The Balaban J connectivity index is 1.47. The number of amides is 2. The molecule has 4 rings (SSSR count). The Hall–Kier alpha value is -2.76. The molecule has 146 valence electrons. The van der Waals surface area contributed by atoms with E-state index in [9.17, 15) is 9.59 Å². The van der Waals surface area contributed by atoms with Gasteiger partial charge in [0.2, 0.25) is 5.91 Å². The molecule has 1 unspecified atom stereocenters. The monoisotopic (exact) mass is 378 g/mol. The molecule has 2 fully saturated rings. The summed E-state index contributed by atoms with van der Waals surface area (Å²) < 4.78 is 0. The minimum Gasteiger partial charge on any atom is -0.345 e. The molecule has 2 saturated heterocycles. The number of aryl methyl sites for hydroxylation is 1. The van der Waals surface area contributed by atoms with Crippen LogP contribution in [0.15, 0.2) is 42.7 Å². The summed E-state index contributed by atoms with van der Waals surface area (Å²) in [5, 5.41) is 0. The fraction of sp³-hybridized carbons (Fsp3) is 0.455. The van der Waals surface area contributed by atoms with E-state index in [0.29, 0.717) is 24.5 Å². The van der Waals surface area contributed by atoms with Crippen molar-refractivity contribution in [2.75, 3.05) is 26.7 Å². The summed E-state index contributed by atoms with van der Waals surface area (Å²) in [5.41, 5.74) is 1.71. The molecule has 1 spiro atoms. The van der Waals surface area contributed by atoms with Gasteiger partial charge in [-0.25, -0.2) is 9.97 Å². The van der Waals surface area contributed by atoms with E-state index in [1.54, 1.807) is 12.4 Å². The van der Waals surface area contributed by atoms with E-state index in [2.05, 4.69) is 9.97 Å². The van der Waals surface area contributed by atoms with Gasteiger partial charge in [0, 0.05) is 39.1 Å². The molecule has 1 aromatic heterocycles. The second kappa shape index (κ2) is 7.34. The Morgan fingerprint density at radius 1 is 1.11 bits per heavy atom. The molecule has 6 nitrogen and oxygen atoms in total. The second-order valence-corrected chi connectivity index (χ2v) is 8.17. The molecule has 0 aliphatic carbocycles. The van der Waals surface area contributed by atoms with E-state index in [1.165, 1.54) is 0 Å². The van der Waals surface area contributed by atoms with Gasteiger partial charge in [-0.2, -0.15) is 0 Å². The predicted molar refractivity (Wildman–Crippen MR) is 106 cm³/mol. The van der Waals surface area contributed by atoms with Crippen molar-refractivity contribution in [3.8, 4) is 0 Å². The third kappa shape index (κ3) is 3.51. The number of benzene rings is 1. The molecule has 28 heavy (non-hydrogen) atoms. The topological polar surface area (TPSA) is 66.4 Å². The number of carbonyl (C=O) groups excluding carboxylic acids is 2. The summed E-state index contributed by atoms with van der Waals surface area (Å²) in [6.45, 7) is 3.99. The Morgan fingerprint density at radius 2 is 1.75 bits per heavy atom. The van der Waals surface area contributed by atoms with Crippen LogP contribution >= 0.6 is 0 Å². The lowest BCUT2D eigenvalue weighted by Crippen LogP contribution is -2.53. The average molecular weight is 378 g/mol. The Labute approximate surface area is 165 Å². The number of piperidine rings is 2. The van der Waals surface area contributed by atoms with Gasteiger partial charge in [0.15, 0.2) is 0 Å². The van der Waals surface area contributed by atoms with Crippen molar-refractivity contribution in [3.63, 3.8) is 0 Å². The van der Waals surface area contributed by atoms with Gasteiger partial charge in [0.25, 0.3) is 5.91 Å². The number of hydrogen-bond acceptors (Lipinski definition) is 4. The normalized spacial score (nSPS) is 21.8. The van der Waals surface area contributed by atoms with Gasteiger partial charge in [-0.05, 0) is 37.2 Å². The van der Waals surface area contributed by atoms with Crippen LogP contribution in [0.25, 0.3) is 0 Å². The quantitative estimate of drug-likeness (QED) is 0.806. The molecular formula is C22H26N4O2. The standard InChI is InChI=1S/C22H26N4O2/c1-16-23-13-18(14-24-16)20(27)26-10-8-22(9-11-26)12-19(21(28)25(2)15-22)17-6-4-3-5-7-17/h3-7,13-14,19H,8-12,15H2,1-2H3. The molecule has 2 amide bonds. The lowest BCUT2D eigenvalue weighted by molar-refractivity contribution is -0.139. The predicted octanol–water partition coefficient (Wildman–Crippen LogP) is 2.65. The molecule has 1 aromatic carbocycles. The van der Waals surface area contributed by atoms with Gasteiger partial charge in [-0.3, -0.25) is 9.59 Å². The van der Waals surface area contributed by atoms with Crippen LogP contribution in [0.2, 0.25) is 0 Å². The third-order valence-corrected chi connectivity index (χ3v) is 6.23. The maximum atomic E-state index is 12.8. The van der Waals surface area contributed by atoms with Crippen LogP contribution in [0.3, 0.4) is 0 Å². The summed E-state index contributed by atoms with van der Waals surface area (Å²) in [4.78, 5) is 37.6. The number of rotatable bonds is 2. The molecule has 0 N–H and O–H groups in total. The smallest absolute Gasteiger partial charge is 0.256 e. The number of aromatic nitrogens is 2. The first kappa shape index (κ1) is 18.6. The zero-order chi connectivity index (χ0) is 19.7. The van der Waals surface area contributed by atoms with Crippen molar-refractivity contribution in [3.05, 3.63) is 59.7 Å². The van der Waals surface area contributed by atoms with Crippen molar-refractivity contribution in [2.45, 2.75) is 32.1 Å². The van der Waals surface area contributed by atoms with Crippen molar-refractivity contribution < 1.29 is 9.59 Å². The molecule has 2 aliphatic rings. The first-order valence-electron chi connectivity index (χ1n) is 9.85. The van der Waals surface area contributed by atoms with Crippen LogP contribution in [0.1, 0.15) is 46.9 Å². The molecule has 3 heterocycles. The molecule has 2 aliphatic heterocycles. The van der Waals surface area contributed by atoms with Crippen LogP contribution in [0, 0.1) is 12.3 Å². The van der Waals surface area contributed by atoms with E-state index >= 15 is 0 Å². The zero-order valence-electron chi connectivity index (χ0n) is 16.5. The summed E-state index contributed by atoms with van der Waals surface area (Å²) in [6, 6.07) is 10.1. The highest BCUT2D eigenvalue weighted by atomic mass is 16.2. The van der Waals surface area contributed by atoms with E-state index in [4.69, 9.17) is 0 Å². The maximum absolute atomic E-state index is 12.8. The molecule has 0 bridgehead atoms. The summed E-state index contributed by atoms with van der Waals surface area (Å²) in [5.74, 6) is 0.769. The second-order valence-electron chi connectivity index (χ2n) is 8.17. The van der Waals surface area contributed by atoms with Gasteiger partial charge in [-0.15, -0.1) is 0 Å². The fourth-order valence-corrected chi connectivity index (χ4v) is 4.61. The summed E-state index contributed by atoms with van der Waals surface area (Å²) >= 11 is 0. The molecule has 6 heteroatoms. The van der Waals surface area contributed by atoms with Crippen molar-refractivity contribution in [2.24, 2.45) is 5.41 Å². The molecule has 2 aromatic rings. The highest BCUT2D eigenvalue weighted by Crippen LogP contribution is 2.45. The van der Waals surface area contributed by atoms with E-state index in [1.807, 2.05) is 54.1 Å². The lowest BCUT2D eigenvalue weighted by Gasteiger charge is -2.49. The van der Waals surface area contributed by atoms with Crippen LogP contribution in [0.4, 0.5) is 0 Å². The fourth-order valence-electron chi connectivity index (χ4n) is 4.61. The van der Waals surface area contributed by atoms with E-state index < -0.39 is 0 Å². The largest absolute Gasteiger partial charge is 0.345 e. The minimum atomic E-state index is -0.0901. The Bertz CT molecular complexity index is 858. The Kier molecular flexibility index (Phi) is 4.87. The summed E-state index contributed by atoms with van der Waals surface area (Å²) in [6.07, 6.45) is 5.88. The molecule has 0 radical (unpaired) electrons. The minimum absolute atomic E-state index is 0.00491. The van der Waals surface area contributed by atoms with Crippen molar-refractivity contribution in [1.82, 2.24) is 19.8 Å². The molecule has 1 atom stereocenters. The zero-order valence-corrected chi connectivity index (χ0v) is 16.5. The molecular weight excluding hydrogens is 352 g/mol. The summed E-state index contributed by atoms with van der Waals surface area (Å²) in [7, 11) is 1.90. The van der Waals surface area contributed by atoms with Crippen molar-refractivity contribution >= 4 is 11.8 Å². The van der Waals surface area contributed by atoms with Gasteiger partial charge in [0.05, 0.1) is 11.5 Å². The number of nitrogens with zero attached hydrogens (tertiary/aromatic N) is 4. The lowest BCUT2D eigenvalue weighted by atomic mass is 9.67. The maximum Gasteiger partial charge on any atom is 0.256 e. The third-order valence-electron chi connectivity index (χ3n) is 6.23. The van der Waals surface area contributed by atoms with E-state index in [-0.39, 0.29) is 23.1 Å². The first-order chi connectivity index (χ1) is 13.5. The van der Waals surface area contributed by atoms with Gasteiger partial charge < -0.3 is 9.80 Å². The number of likely N-dealkylation sites (N-methyl/N-ethyl adjacent to an activating group) is 1. The SMILES string of the molecule is Cc1ncc(C(=O)N2CCC3(CC2)CC(c2ccccc2)C(=O)N(C)C3)cn1. The van der Waals surface area contributed by atoms with Gasteiger partial charge in [0.1, 0.15) is 5.82 Å². The van der Waals surface area contributed by atoms with Crippen LogP contribution < -0.4 is 0 Å². The van der Waals surface area contributed by atoms with Crippen LogP contribution in [-0.4, -0.2) is 58.3 Å². The van der Waals surface area contributed by atoms with Crippen molar-refractivity contribution in [1.29, 1.82) is 0 Å². The highest BCUT2D eigenvalue weighted by Gasteiger charge is 2.45. The van der Waals surface area contributed by atoms with Gasteiger partial charge in [-0.1, -0.05) is 30.3 Å². The van der Waals surface area contributed by atoms with E-state index in [0.717, 1.165) is 31.4 Å². The van der Waals surface area contributed by atoms with Crippen LogP contribution in [0.5, 0.6) is 0 Å². The number of likely N-dealkylation sites (tertiary alicyclic amines) is 2. The molecule has 0 saturated carbocycles. The average Bonchev–Trinajstić information content (AvgIpc) is 2.72. The van der Waals surface area contributed by atoms with Crippen LogP contribution in [-0.2, 0) is 4.79 Å². The number of hydrogen-bond donors (Lipinski definition) is 0. The van der Waals surface area contributed by atoms with Gasteiger partial charge >= 0.3 is 0 Å². The Morgan fingerprint density at radius 3 is 2.39 bits per heavy atom. The number of carbonyl (C=O) groups is 2. The first-order valence-corrected chi connectivity index (χ1v) is 9.85.